The van der Waals surface area contributed by atoms with E-state index in [4.69, 9.17) is 4.74 Å². The molecule has 1 aliphatic carbocycles. The number of amides is 1. The van der Waals surface area contributed by atoms with E-state index in [1.54, 1.807) is 18.5 Å². The molecule has 0 bridgehead atoms. The molecule has 0 spiro atoms. The minimum atomic E-state index is -4.64. The van der Waals surface area contributed by atoms with Gasteiger partial charge in [-0.25, -0.2) is 18.4 Å². The van der Waals surface area contributed by atoms with E-state index in [1.165, 1.54) is 4.90 Å². The number of benzene rings is 1. The molecule has 31 heavy (non-hydrogen) atoms. The first-order valence-electron chi connectivity index (χ1n) is 9.56. The average Bonchev–Trinajstić information content (AvgIpc) is 3.28. The van der Waals surface area contributed by atoms with Crippen LogP contribution >= 0.6 is 0 Å². The van der Waals surface area contributed by atoms with Crippen molar-refractivity contribution in [3.63, 3.8) is 0 Å². The molecule has 3 atom stereocenters. The monoisotopic (exact) mass is 455 g/mol. The normalized spacial score (nSPS) is 23.9. The van der Waals surface area contributed by atoms with Gasteiger partial charge in [0.05, 0.1) is 15.9 Å². The van der Waals surface area contributed by atoms with Crippen molar-refractivity contribution < 1.29 is 31.1 Å². The van der Waals surface area contributed by atoms with Crippen LogP contribution in [0.3, 0.4) is 0 Å². The van der Waals surface area contributed by atoms with Crippen molar-refractivity contribution >= 4 is 15.7 Å². The lowest BCUT2D eigenvalue weighted by Gasteiger charge is -2.24. The van der Waals surface area contributed by atoms with Gasteiger partial charge in [-0.2, -0.15) is 13.2 Å². The lowest BCUT2D eigenvalue weighted by Crippen LogP contribution is -2.35. The highest BCUT2D eigenvalue weighted by atomic mass is 32.2. The summed E-state index contributed by atoms with van der Waals surface area (Å²) in [6.45, 7) is 1.51. The molecule has 0 N–H and O–H groups in total. The molecule has 0 radical (unpaired) electrons. The maximum Gasteiger partial charge on any atom is 0.425 e. The summed E-state index contributed by atoms with van der Waals surface area (Å²) in [5.41, 5.74) is -0.587. The number of ether oxygens (including phenoxy) is 1. The molecule has 1 aromatic heterocycles. The molecule has 1 amide bonds. The third-order valence-corrected chi connectivity index (χ3v) is 6.93. The molecule has 1 saturated heterocycles. The van der Waals surface area contributed by atoms with Crippen LogP contribution in [0.2, 0.25) is 0 Å². The van der Waals surface area contributed by atoms with Gasteiger partial charge >= 0.3 is 6.18 Å². The summed E-state index contributed by atoms with van der Waals surface area (Å²) in [6.07, 6.45) is -1.78. The van der Waals surface area contributed by atoms with E-state index in [0.717, 1.165) is 37.8 Å². The van der Waals surface area contributed by atoms with E-state index in [-0.39, 0.29) is 27.5 Å². The van der Waals surface area contributed by atoms with Gasteiger partial charge in [-0.1, -0.05) is 0 Å². The number of hydrogen-bond donors (Lipinski definition) is 0. The summed E-state index contributed by atoms with van der Waals surface area (Å²) < 4.78 is 67.9. The third-order valence-electron chi connectivity index (χ3n) is 5.82. The molecule has 166 valence electrons. The number of alkyl halides is 3. The molecule has 1 aromatic carbocycles. The Kier molecular flexibility index (Phi) is 4.99. The van der Waals surface area contributed by atoms with E-state index in [0.29, 0.717) is 18.9 Å². The molecule has 2 aromatic rings. The summed E-state index contributed by atoms with van der Waals surface area (Å²) in [7, 11) is -3.68. The quantitative estimate of drug-likeness (QED) is 0.689. The number of carbonyl (C=O) groups is 1. The van der Waals surface area contributed by atoms with Gasteiger partial charge in [-0.3, -0.25) is 4.79 Å². The number of rotatable bonds is 5. The second-order valence-corrected chi connectivity index (χ2v) is 10.1. The number of likely N-dealkylation sites (tertiary alicyclic amines) is 1. The first kappa shape index (κ1) is 21.5. The maximum atomic E-state index is 13.2. The SMILES string of the molecule is CC(Oc1ccc(S(C)(=O)=O)cc1C(=O)N1CC2CC2(c2ncccn2)C1)C(F)(F)F. The number of hydrogen-bond acceptors (Lipinski definition) is 6. The molecule has 1 aliphatic heterocycles. The van der Waals surface area contributed by atoms with Crippen molar-refractivity contribution in [3.05, 3.63) is 48.0 Å². The number of sulfone groups is 1. The summed E-state index contributed by atoms with van der Waals surface area (Å²) in [5, 5.41) is 0. The first-order chi connectivity index (χ1) is 14.4. The van der Waals surface area contributed by atoms with Crippen LogP contribution in [0.25, 0.3) is 0 Å². The smallest absolute Gasteiger partial charge is 0.425 e. The van der Waals surface area contributed by atoms with Gasteiger partial charge in [0.1, 0.15) is 11.6 Å². The molecule has 7 nitrogen and oxygen atoms in total. The van der Waals surface area contributed by atoms with Gasteiger partial charge in [0.2, 0.25) is 0 Å². The van der Waals surface area contributed by atoms with Gasteiger partial charge in [-0.15, -0.1) is 0 Å². The Morgan fingerprint density at radius 3 is 2.58 bits per heavy atom. The van der Waals surface area contributed by atoms with Crippen LogP contribution in [0.1, 0.15) is 29.5 Å². The summed E-state index contributed by atoms with van der Waals surface area (Å²) in [6, 6.07) is 4.99. The summed E-state index contributed by atoms with van der Waals surface area (Å²) >= 11 is 0. The molecule has 2 aliphatic rings. The molecule has 3 unspecified atom stereocenters. The number of nitrogens with zero attached hydrogens (tertiary/aromatic N) is 3. The molecule has 2 fully saturated rings. The second-order valence-electron chi connectivity index (χ2n) is 8.05. The fourth-order valence-corrected chi connectivity index (χ4v) is 4.62. The molecule has 4 rings (SSSR count). The van der Waals surface area contributed by atoms with Crippen LogP contribution in [0.4, 0.5) is 13.2 Å². The predicted molar refractivity (Wildman–Crippen MR) is 103 cm³/mol. The minimum absolute atomic E-state index is 0.149. The zero-order chi connectivity index (χ0) is 22.6. The zero-order valence-electron chi connectivity index (χ0n) is 16.8. The highest BCUT2D eigenvalue weighted by Gasteiger charge is 2.63. The van der Waals surface area contributed by atoms with Crippen molar-refractivity contribution in [3.8, 4) is 5.75 Å². The van der Waals surface area contributed by atoms with Crippen LogP contribution in [0.15, 0.2) is 41.6 Å². The molecular formula is C20H20F3N3O4S. The van der Waals surface area contributed by atoms with Gasteiger partial charge in [0, 0.05) is 31.7 Å². The Bertz CT molecular complexity index is 1120. The Balaban J connectivity index is 1.65. The van der Waals surface area contributed by atoms with Gasteiger partial charge in [0.15, 0.2) is 15.9 Å². The van der Waals surface area contributed by atoms with Gasteiger partial charge in [-0.05, 0) is 43.5 Å². The largest absolute Gasteiger partial charge is 0.480 e. The predicted octanol–water partition coefficient (Wildman–Crippen LogP) is 2.62. The highest BCUT2D eigenvalue weighted by Crippen LogP contribution is 2.58. The Labute approximate surface area is 177 Å². The van der Waals surface area contributed by atoms with E-state index in [2.05, 4.69) is 9.97 Å². The Morgan fingerprint density at radius 1 is 1.29 bits per heavy atom. The molecule has 1 saturated carbocycles. The Hall–Kier alpha value is -2.69. The van der Waals surface area contributed by atoms with E-state index in [1.807, 2.05) is 0 Å². The highest BCUT2D eigenvalue weighted by molar-refractivity contribution is 7.90. The zero-order valence-corrected chi connectivity index (χ0v) is 17.6. The lowest BCUT2D eigenvalue weighted by atomic mass is 10.1. The van der Waals surface area contributed by atoms with Crippen molar-refractivity contribution in [2.75, 3.05) is 19.3 Å². The van der Waals surface area contributed by atoms with Gasteiger partial charge < -0.3 is 9.64 Å². The van der Waals surface area contributed by atoms with E-state index >= 15 is 0 Å². The summed E-state index contributed by atoms with van der Waals surface area (Å²) in [5.74, 6) is -0.122. The van der Waals surface area contributed by atoms with Crippen molar-refractivity contribution in [2.45, 2.75) is 35.9 Å². The summed E-state index contributed by atoms with van der Waals surface area (Å²) in [4.78, 5) is 23.2. The lowest BCUT2D eigenvalue weighted by molar-refractivity contribution is -0.189. The van der Waals surface area contributed by atoms with Crippen LogP contribution in [-0.2, 0) is 15.3 Å². The van der Waals surface area contributed by atoms with Crippen LogP contribution in [0.5, 0.6) is 5.75 Å². The average molecular weight is 455 g/mol. The fourth-order valence-electron chi connectivity index (χ4n) is 3.98. The van der Waals surface area contributed by atoms with Crippen molar-refractivity contribution in [1.82, 2.24) is 14.9 Å². The topological polar surface area (TPSA) is 89.5 Å². The second kappa shape index (κ2) is 7.18. The Morgan fingerprint density at radius 2 is 1.97 bits per heavy atom. The maximum absolute atomic E-state index is 13.2. The number of fused-ring (bicyclic) bond motifs is 1. The number of halogens is 3. The van der Waals surface area contributed by atoms with Crippen molar-refractivity contribution in [2.24, 2.45) is 5.92 Å². The molecule has 11 heteroatoms. The van der Waals surface area contributed by atoms with Gasteiger partial charge in [0.25, 0.3) is 5.91 Å². The molecular weight excluding hydrogens is 435 g/mol. The van der Waals surface area contributed by atoms with Crippen molar-refractivity contribution in [1.29, 1.82) is 0 Å². The standard InChI is InChI=1S/C20H20F3N3O4S/c1-12(20(21,22)23)30-16-5-4-14(31(2,28)29)8-15(16)17(27)26-10-13-9-19(13,11-26)18-24-6-3-7-25-18/h3-8,12-13H,9-11H2,1-2H3. The first-order valence-corrected chi connectivity index (χ1v) is 11.5. The third kappa shape index (κ3) is 3.98. The number of carbonyl (C=O) groups excluding carboxylic acids is 1. The minimum Gasteiger partial charge on any atom is -0.480 e. The van der Waals surface area contributed by atoms with E-state index in [9.17, 15) is 26.4 Å². The van der Waals surface area contributed by atoms with Crippen LogP contribution in [-0.4, -0.2) is 60.8 Å². The number of piperidine rings is 1. The fraction of sp³-hybridized carbons (Fsp3) is 0.450. The molecule has 2 heterocycles. The van der Waals surface area contributed by atoms with Crippen LogP contribution in [0, 0.1) is 5.92 Å². The van der Waals surface area contributed by atoms with E-state index < -0.39 is 28.0 Å². The number of aromatic nitrogens is 2. The van der Waals surface area contributed by atoms with Crippen LogP contribution < -0.4 is 4.74 Å².